The van der Waals surface area contributed by atoms with Crippen LogP contribution in [0.25, 0.3) is 22.5 Å². The van der Waals surface area contributed by atoms with Gasteiger partial charge in [0.25, 0.3) is 0 Å². The first-order chi connectivity index (χ1) is 19.1. The Bertz CT molecular complexity index is 1580. The van der Waals surface area contributed by atoms with E-state index in [2.05, 4.69) is 20.6 Å². The van der Waals surface area contributed by atoms with Crippen LogP contribution in [0.3, 0.4) is 0 Å². The van der Waals surface area contributed by atoms with Crippen LogP contribution in [0.5, 0.6) is 5.88 Å². The number of carboxylic acid groups (broad SMARTS) is 1. The highest BCUT2D eigenvalue weighted by Gasteiger charge is 2.17. The molecule has 0 aliphatic rings. The Hall–Kier alpha value is -4.92. The molecule has 196 valence electrons. The zero-order valence-corrected chi connectivity index (χ0v) is 21.8. The fourth-order valence-electron chi connectivity index (χ4n) is 4.46. The Morgan fingerprint density at radius 1 is 0.897 bits per heavy atom. The summed E-state index contributed by atoms with van der Waals surface area (Å²) in [5.41, 5.74) is 6.83. The summed E-state index contributed by atoms with van der Waals surface area (Å²) in [5.74, 6) is 0.843. The minimum absolute atomic E-state index is 0.250. The largest absolute Gasteiger partial charge is 0.478 e. The first-order valence-corrected chi connectivity index (χ1v) is 12.8. The highest BCUT2D eigenvalue weighted by atomic mass is 16.5. The number of aromatic nitrogens is 6. The van der Waals surface area contributed by atoms with Gasteiger partial charge in [0.2, 0.25) is 11.7 Å². The van der Waals surface area contributed by atoms with Crippen LogP contribution in [0.2, 0.25) is 0 Å². The Morgan fingerprint density at radius 3 is 2.38 bits per heavy atom. The molecule has 9 heteroatoms. The monoisotopic (exact) mass is 520 g/mol. The maximum atomic E-state index is 11.5. The smallest absolute Gasteiger partial charge is 0.335 e. The topological polar surface area (TPSA) is 127 Å². The molecule has 0 fully saturated rings. The fraction of sp³-hybridized carbons (Fsp3) is 0.200. The number of nitrogens with zero attached hydrogens (tertiary/aromatic N) is 5. The Labute approximate surface area is 225 Å². The molecule has 3 aromatic carbocycles. The van der Waals surface area contributed by atoms with Gasteiger partial charge in [-0.1, -0.05) is 74.5 Å². The van der Waals surface area contributed by atoms with Crippen molar-refractivity contribution in [2.45, 2.75) is 39.7 Å². The van der Waals surface area contributed by atoms with E-state index in [-0.39, 0.29) is 5.56 Å². The number of rotatable bonds is 10. The van der Waals surface area contributed by atoms with Crippen molar-refractivity contribution in [3.8, 4) is 28.4 Å². The summed E-state index contributed by atoms with van der Waals surface area (Å²) < 4.78 is 6.29. The van der Waals surface area contributed by atoms with Crippen molar-refractivity contribution in [2.75, 3.05) is 0 Å². The van der Waals surface area contributed by atoms with E-state index in [4.69, 9.17) is 14.7 Å². The van der Waals surface area contributed by atoms with Crippen molar-refractivity contribution in [2.24, 2.45) is 0 Å². The van der Waals surface area contributed by atoms with Gasteiger partial charge in [0, 0.05) is 24.0 Å². The molecule has 0 radical (unpaired) electrons. The third kappa shape index (κ3) is 5.82. The first-order valence-electron chi connectivity index (χ1n) is 12.8. The van der Waals surface area contributed by atoms with Gasteiger partial charge in [-0.2, -0.15) is 10.2 Å². The molecule has 0 unspecified atom stereocenters. The lowest BCUT2D eigenvalue weighted by molar-refractivity contribution is 0.0696. The Morgan fingerprint density at radius 2 is 1.69 bits per heavy atom. The van der Waals surface area contributed by atoms with E-state index in [1.54, 1.807) is 18.2 Å². The number of aromatic carboxylic acids is 1. The van der Waals surface area contributed by atoms with Crippen molar-refractivity contribution in [3.05, 3.63) is 107 Å². The second-order valence-corrected chi connectivity index (χ2v) is 9.03. The number of hydrogen-bond acceptors (Lipinski definition) is 7. The first kappa shape index (κ1) is 25.7. The minimum Gasteiger partial charge on any atom is -0.478 e. The van der Waals surface area contributed by atoms with Crippen LogP contribution < -0.4 is 4.74 Å². The predicted octanol–water partition coefficient (Wildman–Crippen LogP) is 5.32. The van der Waals surface area contributed by atoms with Crippen molar-refractivity contribution >= 4 is 5.97 Å². The maximum Gasteiger partial charge on any atom is 0.335 e. The summed E-state index contributed by atoms with van der Waals surface area (Å²) in [7, 11) is 0. The standard InChI is InChI=1S/C30H28N6O3/c1-3-26-25(17-20-8-7-9-22(16-20)30(37)38)29(32-27(4-2)31-26)39-18-19-12-14-21(15-13-19)23-10-5-6-11-24(23)28-33-35-36-34-28/h5-16H,3-4,17-18H2,1-2H3,(H,37,38)(H,33,34,35,36). The van der Waals surface area contributed by atoms with Crippen LogP contribution in [-0.2, 0) is 25.9 Å². The second-order valence-electron chi connectivity index (χ2n) is 9.03. The molecule has 0 saturated carbocycles. The summed E-state index contributed by atoms with van der Waals surface area (Å²) >= 11 is 0. The number of benzene rings is 3. The average Bonchev–Trinajstić information content (AvgIpc) is 3.52. The fourth-order valence-corrected chi connectivity index (χ4v) is 4.46. The molecule has 2 aromatic heterocycles. The van der Waals surface area contributed by atoms with E-state index in [9.17, 15) is 9.90 Å². The zero-order valence-electron chi connectivity index (χ0n) is 21.8. The van der Waals surface area contributed by atoms with E-state index >= 15 is 0 Å². The number of hydrogen-bond donors (Lipinski definition) is 2. The Kier molecular flexibility index (Phi) is 7.68. The van der Waals surface area contributed by atoms with Gasteiger partial charge >= 0.3 is 5.97 Å². The lowest BCUT2D eigenvalue weighted by Crippen LogP contribution is -2.10. The Balaban J connectivity index is 1.39. The number of carbonyl (C=O) groups is 1. The molecule has 2 N–H and O–H groups in total. The number of nitrogens with one attached hydrogen (secondary N) is 1. The van der Waals surface area contributed by atoms with Gasteiger partial charge in [0.1, 0.15) is 12.4 Å². The number of tetrazole rings is 1. The van der Waals surface area contributed by atoms with Crippen LogP contribution in [0.1, 0.15) is 52.4 Å². The van der Waals surface area contributed by atoms with Crippen LogP contribution in [-0.4, -0.2) is 41.7 Å². The SMILES string of the molecule is CCc1nc(CC)c(Cc2cccc(C(=O)O)c2)c(OCc2ccc(-c3ccccc3-c3nn[nH]n3)cc2)n1. The highest BCUT2D eigenvalue weighted by molar-refractivity contribution is 5.87. The van der Waals surface area contributed by atoms with E-state index in [0.29, 0.717) is 37.6 Å². The normalized spacial score (nSPS) is 10.9. The van der Waals surface area contributed by atoms with Crippen molar-refractivity contribution < 1.29 is 14.6 Å². The van der Waals surface area contributed by atoms with Crippen LogP contribution >= 0.6 is 0 Å². The number of ether oxygens (including phenoxy) is 1. The van der Waals surface area contributed by atoms with Gasteiger partial charge in [0.05, 0.1) is 11.3 Å². The summed E-state index contributed by atoms with van der Waals surface area (Å²) in [4.78, 5) is 20.9. The third-order valence-electron chi connectivity index (χ3n) is 6.46. The average molecular weight is 521 g/mol. The highest BCUT2D eigenvalue weighted by Crippen LogP contribution is 2.30. The molecule has 0 atom stereocenters. The van der Waals surface area contributed by atoms with Crippen LogP contribution in [0.15, 0.2) is 72.8 Å². The molecule has 5 aromatic rings. The summed E-state index contributed by atoms with van der Waals surface area (Å²) in [6.45, 7) is 4.39. The minimum atomic E-state index is -0.954. The van der Waals surface area contributed by atoms with E-state index in [0.717, 1.165) is 44.9 Å². The van der Waals surface area contributed by atoms with E-state index in [1.165, 1.54) is 0 Å². The molecule has 0 saturated heterocycles. The molecule has 39 heavy (non-hydrogen) atoms. The van der Waals surface area contributed by atoms with E-state index < -0.39 is 5.97 Å². The summed E-state index contributed by atoms with van der Waals surface area (Å²) in [5, 5.41) is 23.8. The van der Waals surface area contributed by atoms with Gasteiger partial charge in [-0.05, 0) is 46.0 Å². The lowest BCUT2D eigenvalue weighted by atomic mass is 9.98. The summed E-state index contributed by atoms with van der Waals surface area (Å²) in [6.07, 6.45) is 1.89. The molecule has 0 amide bonds. The molecular weight excluding hydrogens is 492 g/mol. The van der Waals surface area contributed by atoms with Gasteiger partial charge in [-0.3, -0.25) is 0 Å². The molecule has 0 spiro atoms. The maximum absolute atomic E-state index is 11.5. The van der Waals surface area contributed by atoms with Crippen molar-refractivity contribution in [1.82, 2.24) is 30.6 Å². The van der Waals surface area contributed by atoms with Gasteiger partial charge < -0.3 is 9.84 Å². The van der Waals surface area contributed by atoms with Gasteiger partial charge in [0.15, 0.2) is 0 Å². The molecule has 0 bridgehead atoms. The number of H-pyrrole nitrogens is 1. The number of aryl methyl sites for hydroxylation is 2. The van der Waals surface area contributed by atoms with Crippen LogP contribution in [0.4, 0.5) is 0 Å². The summed E-state index contributed by atoms with van der Waals surface area (Å²) in [6, 6.07) is 23.0. The predicted molar refractivity (Wildman–Crippen MR) is 146 cm³/mol. The number of carboxylic acids is 1. The zero-order chi connectivity index (χ0) is 27.2. The van der Waals surface area contributed by atoms with Gasteiger partial charge in [-0.25, -0.2) is 9.78 Å². The second kappa shape index (κ2) is 11.6. The number of aromatic amines is 1. The molecular formula is C30H28N6O3. The molecule has 0 aliphatic heterocycles. The van der Waals surface area contributed by atoms with Crippen LogP contribution in [0, 0.1) is 0 Å². The van der Waals surface area contributed by atoms with Crippen molar-refractivity contribution in [3.63, 3.8) is 0 Å². The van der Waals surface area contributed by atoms with E-state index in [1.807, 2.05) is 68.4 Å². The van der Waals surface area contributed by atoms with Crippen molar-refractivity contribution in [1.29, 1.82) is 0 Å². The molecule has 5 rings (SSSR count). The lowest BCUT2D eigenvalue weighted by Gasteiger charge is -2.16. The molecule has 9 nitrogen and oxygen atoms in total. The quantitative estimate of drug-likeness (QED) is 0.253. The molecule has 0 aliphatic carbocycles. The van der Waals surface area contributed by atoms with Gasteiger partial charge in [-0.15, -0.1) is 10.2 Å². The third-order valence-corrected chi connectivity index (χ3v) is 6.46. The molecule has 2 heterocycles.